The average Bonchev–Trinajstić information content (AvgIpc) is 3.07. The number of rotatable bonds is 3. The topological polar surface area (TPSA) is 84.1 Å². The molecule has 1 saturated heterocycles. The zero-order chi connectivity index (χ0) is 14.2. The van der Waals surface area contributed by atoms with Gasteiger partial charge in [-0.3, -0.25) is 4.79 Å². The standard InChI is InChI=1S/C12H15N5O2S/c1-12(19)3-4-16(8-12)10(18)6-17-14-11(13-15-17)9-2-5-20-7-9/h2,5,7,19H,3-4,6,8H2,1H3. The smallest absolute Gasteiger partial charge is 0.246 e. The Balaban J connectivity index is 1.65. The van der Waals surface area contributed by atoms with Crippen molar-refractivity contribution in [1.29, 1.82) is 0 Å². The summed E-state index contributed by atoms with van der Waals surface area (Å²) in [6.07, 6.45) is 0.601. The number of thiophene rings is 1. The van der Waals surface area contributed by atoms with Crippen LogP contribution in [-0.4, -0.2) is 54.8 Å². The zero-order valence-electron chi connectivity index (χ0n) is 11.1. The summed E-state index contributed by atoms with van der Waals surface area (Å²) in [6.45, 7) is 2.71. The van der Waals surface area contributed by atoms with Crippen molar-refractivity contribution in [1.82, 2.24) is 25.1 Å². The van der Waals surface area contributed by atoms with E-state index in [1.165, 1.54) is 4.80 Å². The van der Waals surface area contributed by atoms with Crippen LogP contribution >= 0.6 is 11.3 Å². The van der Waals surface area contributed by atoms with Crippen molar-refractivity contribution in [2.45, 2.75) is 25.5 Å². The SMILES string of the molecule is CC1(O)CCN(C(=O)Cn2nnc(-c3ccsc3)n2)C1. The highest BCUT2D eigenvalue weighted by molar-refractivity contribution is 7.08. The molecule has 1 atom stereocenters. The molecule has 20 heavy (non-hydrogen) atoms. The number of nitrogens with zero attached hydrogens (tertiary/aromatic N) is 5. The molecule has 1 aliphatic rings. The van der Waals surface area contributed by atoms with Crippen LogP contribution in [0.2, 0.25) is 0 Å². The molecule has 106 valence electrons. The quantitative estimate of drug-likeness (QED) is 0.884. The number of carbonyl (C=O) groups is 1. The molecular formula is C12H15N5O2S. The molecular weight excluding hydrogens is 278 g/mol. The van der Waals surface area contributed by atoms with Gasteiger partial charge in [-0.1, -0.05) is 0 Å². The summed E-state index contributed by atoms with van der Waals surface area (Å²) < 4.78 is 0. The summed E-state index contributed by atoms with van der Waals surface area (Å²) in [4.78, 5) is 15.0. The van der Waals surface area contributed by atoms with E-state index in [9.17, 15) is 9.90 Å². The molecule has 0 aliphatic carbocycles. The van der Waals surface area contributed by atoms with E-state index in [2.05, 4.69) is 15.4 Å². The van der Waals surface area contributed by atoms with Crippen LogP contribution in [0.3, 0.4) is 0 Å². The summed E-state index contributed by atoms with van der Waals surface area (Å²) in [6, 6.07) is 1.91. The highest BCUT2D eigenvalue weighted by Crippen LogP contribution is 2.20. The number of carbonyl (C=O) groups excluding carboxylic acids is 1. The Labute approximate surface area is 119 Å². The number of amides is 1. The van der Waals surface area contributed by atoms with E-state index in [0.29, 0.717) is 25.3 Å². The molecule has 0 bridgehead atoms. The number of aromatic nitrogens is 4. The Hall–Kier alpha value is -1.80. The lowest BCUT2D eigenvalue weighted by Gasteiger charge is -2.18. The van der Waals surface area contributed by atoms with Gasteiger partial charge in [0.1, 0.15) is 6.54 Å². The van der Waals surface area contributed by atoms with E-state index in [4.69, 9.17) is 0 Å². The van der Waals surface area contributed by atoms with Crippen molar-refractivity contribution in [3.63, 3.8) is 0 Å². The van der Waals surface area contributed by atoms with Gasteiger partial charge in [-0.25, -0.2) is 0 Å². The minimum atomic E-state index is -0.784. The Bertz CT molecular complexity index is 607. The minimum absolute atomic E-state index is 0.0488. The van der Waals surface area contributed by atoms with Gasteiger partial charge in [0.05, 0.1) is 5.60 Å². The number of likely N-dealkylation sites (tertiary alicyclic amines) is 1. The largest absolute Gasteiger partial charge is 0.388 e. The molecule has 1 fully saturated rings. The molecule has 1 unspecified atom stereocenters. The Morgan fingerprint density at radius 3 is 3.10 bits per heavy atom. The minimum Gasteiger partial charge on any atom is -0.388 e. The number of tetrazole rings is 1. The molecule has 1 amide bonds. The summed E-state index contributed by atoms with van der Waals surface area (Å²) in [5.74, 6) is 0.421. The maximum Gasteiger partial charge on any atom is 0.246 e. The van der Waals surface area contributed by atoms with Gasteiger partial charge in [0.2, 0.25) is 11.7 Å². The van der Waals surface area contributed by atoms with Crippen LogP contribution < -0.4 is 0 Å². The number of hydrogen-bond donors (Lipinski definition) is 1. The lowest BCUT2D eigenvalue weighted by Crippen LogP contribution is -2.36. The van der Waals surface area contributed by atoms with Crippen LogP contribution in [-0.2, 0) is 11.3 Å². The van der Waals surface area contributed by atoms with E-state index < -0.39 is 5.60 Å². The Kier molecular flexibility index (Phi) is 3.27. The number of hydrogen-bond acceptors (Lipinski definition) is 6. The first-order valence-electron chi connectivity index (χ1n) is 6.34. The lowest BCUT2D eigenvalue weighted by molar-refractivity contribution is -0.132. The summed E-state index contributed by atoms with van der Waals surface area (Å²) in [5.41, 5.74) is 0.116. The second-order valence-corrected chi connectivity index (χ2v) is 6.00. The normalized spacial score (nSPS) is 22.4. The highest BCUT2D eigenvalue weighted by Gasteiger charge is 2.34. The predicted molar refractivity (Wildman–Crippen MR) is 73.0 cm³/mol. The first kappa shape index (κ1) is 13.2. The average molecular weight is 293 g/mol. The summed E-state index contributed by atoms with van der Waals surface area (Å²) >= 11 is 1.56. The van der Waals surface area contributed by atoms with Crippen LogP contribution in [0.15, 0.2) is 16.8 Å². The van der Waals surface area contributed by atoms with Crippen molar-refractivity contribution in [3.05, 3.63) is 16.8 Å². The second kappa shape index (κ2) is 4.95. The van der Waals surface area contributed by atoms with Gasteiger partial charge in [0, 0.05) is 24.0 Å². The van der Waals surface area contributed by atoms with Crippen LogP contribution in [0.4, 0.5) is 0 Å². The van der Waals surface area contributed by atoms with Gasteiger partial charge < -0.3 is 10.0 Å². The first-order chi connectivity index (χ1) is 9.53. The van der Waals surface area contributed by atoms with Gasteiger partial charge in [-0.15, -0.1) is 10.2 Å². The fourth-order valence-electron chi connectivity index (χ4n) is 2.20. The molecule has 0 saturated carbocycles. The third-order valence-corrected chi connectivity index (χ3v) is 4.00. The molecule has 8 heteroatoms. The van der Waals surface area contributed by atoms with Crippen LogP contribution in [0.5, 0.6) is 0 Å². The zero-order valence-corrected chi connectivity index (χ0v) is 11.9. The van der Waals surface area contributed by atoms with Gasteiger partial charge in [-0.2, -0.15) is 16.1 Å². The Morgan fingerprint density at radius 2 is 2.45 bits per heavy atom. The highest BCUT2D eigenvalue weighted by atomic mass is 32.1. The maximum atomic E-state index is 12.1. The van der Waals surface area contributed by atoms with Crippen molar-refractivity contribution in [3.8, 4) is 11.4 Å². The monoisotopic (exact) mass is 293 g/mol. The molecule has 0 spiro atoms. The fraction of sp³-hybridized carbons (Fsp3) is 0.500. The predicted octanol–water partition coefficient (Wildman–Crippen LogP) is 0.385. The maximum absolute atomic E-state index is 12.1. The van der Waals surface area contributed by atoms with E-state index in [-0.39, 0.29) is 12.5 Å². The lowest BCUT2D eigenvalue weighted by atomic mass is 10.1. The van der Waals surface area contributed by atoms with Crippen LogP contribution in [0.1, 0.15) is 13.3 Å². The van der Waals surface area contributed by atoms with E-state index in [1.54, 1.807) is 23.2 Å². The molecule has 1 aliphatic heterocycles. The van der Waals surface area contributed by atoms with Crippen LogP contribution in [0.25, 0.3) is 11.4 Å². The van der Waals surface area contributed by atoms with Crippen LogP contribution in [0, 0.1) is 0 Å². The third-order valence-electron chi connectivity index (χ3n) is 3.31. The van der Waals surface area contributed by atoms with Crippen molar-refractivity contribution < 1.29 is 9.90 Å². The van der Waals surface area contributed by atoms with E-state index in [1.807, 2.05) is 16.8 Å². The molecule has 3 heterocycles. The molecule has 1 N–H and O–H groups in total. The molecule has 0 aromatic carbocycles. The van der Waals surface area contributed by atoms with E-state index in [0.717, 1.165) is 5.56 Å². The molecule has 2 aromatic rings. The number of aliphatic hydroxyl groups is 1. The molecule has 2 aromatic heterocycles. The van der Waals surface area contributed by atoms with Crippen molar-refractivity contribution in [2.24, 2.45) is 0 Å². The van der Waals surface area contributed by atoms with E-state index >= 15 is 0 Å². The molecule has 3 rings (SSSR count). The van der Waals surface area contributed by atoms with Gasteiger partial charge in [0.25, 0.3) is 0 Å². The second-order valence-electron chi connectivity index (χ2n) is 5.22. The van der Waals surface area contributed by atoms with Crippen molar-refractivity contribution >= 4 is 17.2 Å². The van der Waals surface area contributed by atoms with Crippen molar-refractivity contribution in [2.75, 3.05) is 13.1 Å². The third kappa shape index (κ3) is 2.70. The first-order valence-corrected chi connectivity index (χ1v) is 7.28. The fourth-order valence-corrected chi connectivity index (χ4v) is 2.83. The van der Waals surface area contributed by atoms with Gasteiger partial charge in [0.15, 0.2) is 0 Å². The Morgan fingerprint density at radius 1 is 1.60 bits per heavy atom. The summed E-state index contributed by atoms with van der Waals surface area (Å²) in [5, 5.41) is 25.8. The number of β-amino-alcohol motifs (C(OH)–C–C–N with tert-alkyl or cyclic N) is 1. The van der Waals surface area contributed by atoms with Gasteiger partial charge in [-0.05, 0) is 30.0 Å². The summed E-state index contributed by atoms with van der Waals surface area (Å²) in [7, 11) is 0. The molecule has 0 radical (unpaired) electrons. The molecule has 7 nitrogen and oxygen atoms in total. The van der Waals surface area contributed by atoms with Gasteiger partial charge >= 0.3 is 0 Å².